The van der Waals surface area contributed by atoms with E-state index < -0.39 is 5.91 Å². The van der Waals surface area contributed by atoms with E-state index in [4.69, 9.17) is 9.15 Å². The molecule has 0 saturated heterocycles. The van der Waals surface area contributed by atoms with Gasteiger partial charge in [0.15, 0.2) is 5.76 Å². The van der Waals surface area contributed by atoms with E-state index in [1.807, 2.05) is 49.4 Å². The lowest BCUT2D eigenvalue weighted by Crippen LogP contribution is -2.42. The number of hydrogen-bond donors (Lipinski definition) is 2. The van der Waals surface area contributed by atoms with Crippen LogP contribution in [-0.4, -0.2) is 16.8 Å². The van der Waals surface area contributed by atoms with E-state index in [0.29, 0.717) is 11.5 Å². The first kappa shape index (κ1) is 18.2. The lowest BCUT2D eigenvalue weighted by atomic mass is 10.2. The Hall–Kier alpha value is -3.61. The van der Waals surface area contributed by atoms with Gasteiger partial charge in [-0.15, -0.1) is 0 Å². The normalized spacial score (nSPS) is 10.3. The summed E-state index contributed by atoms with van der Waals surface area (Å²) in [7, 11) is 0. The molecule has 1 aromatic carbocycles. The summed E-state index contributed by atoms with van der Waals surface area (Å²) in [4.78, 5) is 28.1. The van der Waals surface area contributed by atoms with Crippen LogP contribution in [0.15, 0.2) is 65.2 Å². The topological polar surface area (TPSA) is 93.5 Å². The Kier molecular flexibility index (Phi) is 5.84. The molecule has 0 spiro atoms. The maximum absolute atomic E-state index is 12.1. The molecule has 0 saturated carbocycles. The predicted octanol–water partition coefficient (Wildman–Crippen LogP) is 2.57. The fourth-order valence-electron chi connectivity index (χ4n) is 2.27. The van der Waals surface area contributed by atoms with Crippen LogP contribution >= 0.6 is 0 Å². The van der Waals surface area contributed by atoms with Crippen molar-refractivity contribution in [3.8, 4) is 5.75 Å². The molecule has 0 fully saturated rings. The lowest BCUT2D eigenvalue weighted by Gasteiger charge is -2.06. The van der Waals surface area contributed by atoms with Crippen LogP contribution in [0.2, 0.25) is 0 Å². The fourth-order valence-corrected chi connectivity index (χ4v) is 2.27. The van der Waals surface area contributed by atoms with Crippen LogP contribution in [0.1, 0.15) is 27.6 Å². The molecular formula is C20H19N3O4. The number of nitrogens with zero attached hydrogens (tertiary/aromatic N) is 1. The molecule has 27 heavy (non-hydrogen) atoms. The first-order valence-electron chi connectivity index (χ1n) is 8.37. The van der Waals surface area contributed by atoms with E-state index in [1.165, 1.54) is 6.07 Å². The van der Waals surface area contributed by atoms with Crippen LogP contribution in [-0.2, 0) is 17.8 Å². The van der Waals surface area contributed by atoms with Crippen LogP contribution in [0.5, 0.6) is 5.75 Å². The molecule has 0 unspecified atom stereocenters. The number of furan rings is 1. The van der Waals surface area contributed by atoms with Crippen molar-refractivity contribution in [3.05, 3.63) is 83.6 Å². The van der Waals surface area contributed by atoms with Crippen LogP contribution in [0.4, 0.5) is 0 Å². The summed E-state index contributed by atoms with van der Waals surface area (Å²) in [5.41, 5.74) is 6.31. The number of hydrogen-bond acceptors (Lipinski definition) is 5. The second-order valence-electron chi connectivity index (χ2n) is 5.85. The molecule has 3 rings (SSSR count). The molecule has 0 bridgehead atoms. The number of pyridine rings is 1. The number of benzene rings is 1. The van der Waals surface area contributed by atoms with Crippen molar-refractivity contribution in [3.63, 3.8) is 0 Å². The minimum absolute atomic E-state index is 0.0824. The molecule has 3 aromatic rings. The maximum atomic E-state index is 12.1. The number of nitrogens with one attached hydrogen (secondary N) is 2. The molecule has 7 nitrogen and oxygen atoms in total. The molecule has 2 aromatic heterocycles. The second-order valence-corrected chi connectivity index (χ2v) is 5.85. The standard InChI is InChI=1S/C20H19N3O4/c1-14-7-8-15(12-21-14)11-19(24)22-23-20(25)18-10-9-17(27-18)13-26-16-5-3-2-4-6-16/h2-10,12H,11,13H2,1H3,(H,22,24)(H,23,25). The zero-order chi connectivity index (χ0) is 19.1. The number of carbonyl (C=O) groups is 2. The average molecular weight is 365 g/mol. The molecule has 7 heteroatoms. The first-order chi connectivity index (χ1) is 13.1. The van der Waals surface area contributed by atoms with Crippen molar-refractivity contribution in [1.82, 2.24) is 15.8 Å². The van der Waals surface area contributed by atoms with E-state index in [0.717, 1.165) is 11.3 Å². The summed E-state index contributed by atoms with van der Waals surface area (Å²) in [6, 6.07) is 16.1. The Labute approximate surface area is 156 Å². The Morgan fingerprint density at radius 3 is 2.59 bits per heavy atom. The van der Waals surface area contributed by atoms with Crippen LogP contribution < -0.4 is 15.6 Å². The summed E-state index contributed by atoms with van der Waals surface area (Å²) in [6.07, 6.45) is 1.74. The summed E-state index contributed by atoms with van der Waals surface area (Å²) >= 11 is 0. The smallest absolute Gasteiger partial charge is 0.305 e. The minimum atomic E-state index is -0.545. The third kappa shape index (κ3) is 5.43. The van der Waals surface area contributed by atoms with E-state index in [9.17, 15) is 9.59 Å². The van der Waals surface area contributed by atoms with Gasteiger partial charge in [-0.1, -0.05) is 24.3 Å². The molecular weight excluding hydrogens is 346 g/mol. The highest BCUT2D eigenvalue weighted by Crippen LogP contribution is 2.13. The van der Waals surface area contributed by atoms with Crippen LogP contribution in [0, 0.1) is 6.92 Å². The number of carbonyl (C=O) groups excluding carboxylic acids is 2. The van der Waals surface area contributed by atoms with Gasteiger partial charge in [-0.2, -0.15) is 0 Å². The van der Waals surface area contributed by atoms with E-state index >= 15 is 0 Å². The highest BCUT2D eigenvalue weighted by molar-refractivity contribution is 5.93. The van der Waals surface area contributed by atoms with Gasteiger partial charge in [-0.05, 0) is 42.8 Å². The van der Waals surface area contributed by atoms with Gasteiger partial charge in [0.2, 0.25) is 5.91 Å². The largest absolute Gasteiger partial charge is 0.486 e. The number of ether oxygens (including phenoxy) is 1. The fraction of sp³-hybridized carbons (Fsp3) is 0.150. The molecule has 0 aliphatic heterocycles. The Bertz CT molecular complexity index is 904. The zero-order valence-corrected chi connectivity index (χ0v) is 14.8. The Balaban J connectivity index is 1.46. The van der Waals surface area contributed by atoms with Crippen molar-refractivity contribution in [1.29, 1.82) is 0 Å². The van der Waals surface area contributed by atoms with E-state index in [2.05, 4.69) is 15.8 Å². The molecule has 2 amide bonds. The van der Waals surface area contributed by atoms with Gasteiger partial charge in [0, 0.05) is 11.9 Å². The number of aryl methyl sites for hydroxylation is 1. The summed E-state index contributed by atoms with van der Waals surface area (Å²) < 4.78 is 11.0. The van der Waals surface area contributed by atoms with Crippen molar-refractivity contribution in [2.45, 2.75) is 20.0 Å². The highest BCUT2D eigenvalue weighted by Gasteiger charge is 2.13. The average Bonchev–Trinajstić information content (AvgIpc) is 3.16. The number of rotatable bonds is 6. The number of hydrazine groups is 1. The molecule has 0 aliphatic rings. The van der Waals surface area contributed by atoms with Crippen molar-refractivity contribution < 1.29 is 18.7 Å². The van der Waals surface area contributed by atoms with Gasteiger partial charge in [0.25, 0.3) is 0 Å². The van der Waals surface area contributed by atoms with Gasteiger partial charge < -0.3 is 9.15 Å². The molecule has 2 N–H and O–H groups in total. The molecule has 0 aliphatic carbocycles. The van der Waals surface area contributed by atoms with Crippen molar-refractivity contribution in [2.24, 2.45) is 0 Å². The maximum Gasteiger partial charge on any atom is 0.305 e. The van der Waals surface area contributed by atoms with Gasteiger partial charge in [-0.25, -0.2) is 0 Å². The van der Waals surface area contributed by atoms with Gasteiger partial charge in [0.05, 0.1) is 6.42 Å². The van der Waals surface area contributed by atoms with E-state index in [-0.39, 0.29) is 24.7 Å². The highest BCUT2D eigenvalue weighted by atomic mass is 16.5. The summed E-state index contributed by atoms with van der Waals surface area (Å²) in [5, 5.41) is 0. The van der Waals surface area contributed by atoms with Gasteiger partial charge >= 0.3 is 5.91 Å². The monoisotopic (exact) mass is 365 g/mol. The Morgan fingerprint density at radius 1 is 1.04 bits per heavy atom. The molecule has 2 heterocycles. The van der Waals surface area contributed by atoms with E-state index in [1.54, 1.807) is 12.3 Å². The Morgan fingerprint density at radius 2 is 1.85 bits per heavy atom. The van der Waals surface area contributed by atoms with Crippen LogP contribution in [0.25, 0.3) is 0 Å². The third-order valence-electron chi connectivity index (χ3n) is 3.66. The second kappa shape index (κ2) is 8.66. The van der Waals surface area contributed by atoms with Crippen LogP contribution in [0.3, 0.4) is 0 Å². The lowest BCUT2D eigenvalue weighted by molar-refractivity contribution is -0.121. The molecule has 0 atom stereocenters. The quantitative estimate of drug-likeness (QED) is 0.655. The number of amides is 2. The van der Waals surface area contributed by atoms with Crippen molar-refractivity contribution >= 4 is 11.8 Å². The first-order valence-corrected chi connectivity index (χ1v) is 8.37. The molecule has 0 radical (unpaired) electrons. The molecule has 138 valence electrons. The summed E-state index contributed by atoms with van der Waals surface area (Å²) in [6.45, 7) is 2.07. The minimum Gasteiger partial charge on any atom is -0.486 e. The van der Waals surface area contributed by atoms with Crippen molar-refractivity contribution in [2.75, 3.05) is 0 Å². The number of para-hydroxylation sites is 1. The SMILES string of the molecule is Cc1ccc(CC(=O)NNC(=O)c2ccc(COc3ccccc3)o2)cn1. The number of aromatic nitrogens is 1. The van der Waals surface area contributed by atoms with Gasteiger partial charge in [0.1, 0.15) is 18.1 Å². The zero-order valence-electron chi connectivity index (χ0n) is 14.8. The third-order valence-corrected chi connectivity index (χ3v) is 3.66. The van der Waals surface area contributed by atoms with Gasteiger partial charge in [-0.3, -0.25) is 25.4 Å². The predicted molar refractivity (Wildman–Crippen MR) is 97.8 cm³/mol. The summed E-state index contributed by atoms with van der Waals surface area (Å²) in [5.74, 6) is 0.391.